The second kappa shape index (κ2) is 5.62. The zero-order valence-corrected chi connectivity index (χ0v) is 13.4. The van der Waals surface area contributed by atoms with Crippen molar-refractivity contribution in [2.75, 3.05) is 5.73 Å². The molecule has 0 radical (unpaired) electrons. The van der Waals surface area contributed by atoms with Crippen LogP contribution >= 0.6 is 11.3 Å². The fourth-order valence-electron chi connectivity index (χ4n) is 2.52. The number of anilines is 1. The molecule has 0 aliphatic carbocycles. The van der Waals surface area contributed by atoms with Crippen LogP contribution in [0.1, 0.15) is 16.8 Å². The average molecular weight is 376 g/mol. The van der Waals surface area contributed by atoms with Crippen LogP contribution in [0.2, 0.25) is 0 Å². The maximum atomic E-state index is 13.3. The summed E-state index contributed by atoms with van der Waals surface area (Å²) in [6.07, 6.45) is -9.21. The molecule has 9 heteroatoms. The first-order chi connectivity index (χ1) is 11.5. The Morgan fingerprint density at radius 1 is 1.00 bits per heavy atom. The molecule has 0 amide bonds. The highest BCUT2D eigenvalue weighted by Crippen LogP contribution is 2.46. The highest BCUT2D eigenvalue weighted by atomic mass is 32.1. The molecule has 25 heavy (non-hydrogen) atoms. The molecule has 132 valence electrons. The maximum Gasteiger partial charge on any atom is 0.417 e. The number of fused-ring (bicyclic) bond motifs is 1. The monoisotopic (exact) mass is 376 g/mol. The number of nitrogens with zero attached hydrogens (tertiary/aromatic N) is 1. The van der Waals surface area contributed by atoms with Crippen molar-refractivity contribution in [2.45, 2.75) is 19.3 Å². The van der Waals surface area contributed by atoms with Gasteiger partial charge in [-0.15, -0.1) is 11.3 Å². The van der Waals surface area contributed by atoms with Crippen LogP contribution in [0.3, 0.4) is 0 Å². The number of aromatic nitrogens is 1. The third-order valence-electron chi connectivity index (χ3n) is 3.58. The van der Waals surface area contributed by atoms with Gasteiger partial charge in [0.1, 0.15) is 4.83 Å². The maximum absolute atomic E-state index is 13.3. The van der Waals surface area contributed by atoms with Crippen molar-refractivity contribution in [3.8, 4) is 10.4 Å². The van der Waals surface area contributed by atoms with Crippen molar-refractivity contribution in [1.82, 2.24) is 4.98 Å². The minimum atomic E-state index is -4.65. The quantitative estimate of drug-likeness (QED) is 0.538. The lowest BCUT2D eigenvalue weighted by Crippen LogP contribution is -2.07. The molecule has 0 aliphatic heterocycles. The van der Waals surface area contributed by atoms with E-state index in [-0.39, 0.29) is 32.0 Å². The molecule has 0 aliphatic rings. The molecular formula is C16H10F6N2S. The van der Waals surface area contributed by atoms with Gasteiger partial charge >= 0.3 is 12.4 Å². The van der Waals surface area contributed by atoms with E-state index in [9.17, 15) is 26.3 Å². The summed E-state index contributed by atoms with van der Waals surface area (Å²) in [5.41, 5.74) is 4.05. The minimum Gasteiger partial charge on any atom is -0.397 e. The highest BCUT2D eigenvalue weighted by molar-refractivity contribution is 7.22. The van der Waals surface area contributed by atoms with Crippen LogP contribution in [0.25, 0.3) is 20.7 Å². The summed E-state index contributed by atoms with van der Waals surface area (Å²) in [5, 5.41) is -0.282. The topological polar surface area (TPSA) is 38.9 Å². The summed E-state index contributed by atoms with van der Waals surface area (Å²) in [5.74, 6) is 0. The van der Waals surface area contributed by atoms with Crippen LogP contribution in [0.4, 0.5) is 32.0 Å². The summed E-state index contributed by atoms with van der Waals surface area (Å²) < 4.78 is 78.5. The number of nitrogen functional groups attached to an aromatic ring is 1. The van der Waals surface area contributed by atoms with Gasteiger partial charge in [-0.1, -0.05) is 12.1 Å². The van der Waals surface area contributed by atoms with Gasteiger partial charge < -0.3 is 5.73 Å². The van der Waals surface area contributed by atoms with Crippen molar-refractivity contribution in [1.29, 1.82) is 0 Å². The molecule has 2 aromatic heterocycles. The van der Waals surface area contributed by atoms with Gasteiger partial charge in [-0.25, -0.2) is 4.98 Å². The number of benzene rings is 1. The number of nitrogens with two attached hydrogens (primary N) is 1. The van der Waals surface area contributed by atoms with Gasteiger partial charge in [0.2, 0.25) is 0 Å². The van der Waals surface area contributed by atoms with Crippen molar-refractivity contribution in [3.63, 3.8) is 0 Å². The first-order valence-electron chi connectivity index (χ1n) is 6.93. The van der Waals surface area contributed by atoms with Crippen LogP contribution < -0.4 is 5.73 Å². The Kier molecular flexibility index (Phi) is 3.94. The fourth-order valence-corrected chi connectivity index (χ4v) is 3.68. The molecule has 0 saturated heterocycles. The van der Waals surface area contributed by atoms with Gasteiger partial charge in [0.05, 0.1) is 21.7 Å². The Bertz CT molecular complexity index is 956. The second-order valence-corrected chi connectivity index (χ2v) is 6.41. The molecule has 2 nitrogen and oxygen atoms in total. The van der Waals surface area contributed by atoms with E-state index in [1.54, 1.807) is 0 Å². The summed E-state index contributed by atoms with van der Waals surface area (Å²) in [7, 11) is 0. The fraction of sp³-hybridized carbons (Fsp3) is 0.188. The first kappa shape index (κ1) is 17.5. The Morgan fingerprint density at radius 3 is 2.28 bits per heavy atom. The van der Waals surface area contributed by atoms with Crippen molar-refractivity contribution >= 4 is 27.2 Å². The average Bonchev–Trinajstić information content (AvgIpc) is 2.81. The van der Waals surface area contributed by atoms with Crippen molar-refractivity contribution in [3.05, 3.63) is 47.2 Å². The normalized spacial score (nSPS) is 12.8. The minimum absolute atomic E-state index is 0.0391. The number of aryl methyl sites for hydroxylation is 1. The van der Waals surface area contributed by atoms with E-state index in [1.807, 2.05) is 0 Å². The highest BCUT2D eigenvalue weighted by Gasteiger charge is 2.36. The van der Waals surface area contributed by atoms with Crippen LogP contribution in [0.5, 0.6) is 0 Å². The van der Waals surface area contributed by atoms with Gasteiger partial charge in [-0.05, 0) is 30.7 Å². The zero-order chi connectivity index (χ0) is 18.6. The van der Waals surface area contributed by atoms with Crippen LogP contribution in [-0.4, -0.2) is 4.98 Å². The number of rotatable bonds is 1. The number of pyridine rings is 1. The van der Waals surface area contributed by atoms with Gasteiger partial charge in [-0.2, -0.15) is 26.3 Å². The number of hydrogen-bond donors (Lipinski definition) is 1. The Hall–Kier alpha value is -2.29. The van der Waals surface area contributed by atoms with E-state index < -0.39 is 23.5 Å². The SMILES string of the molecule is Cc1cc(C(F)(F)F)c2c(N)c(-c3cccc(C(F)(F)F)c3)sc2n1. The van der Waals surface area contributed by atoms with Gasteiger partial charge in [-0.3, -0.25) is 0 Å². The van der Waals surface area contributed by atoms with E-state index in [1.165, 1.54) is 19.1 Å². The molecule has 0 atom stereocenters. The summed E-state index contributed by atoms with van der Waals surface area (Å²) in [6.45, 7) is 1.41. The van der Waals surface area contributed by atoms with Crippen LogP contribution in [0, 0.1) is 6.92 Å². The van der Waals surface area contributed by atoms with Crippen molar-refractivity contribution < 1.29 is 26.3 Å². The van der Waals surface area contributed by atoms with Gasteiger partial charge in [0.15, 0.2) is 0 Å². The molecule has 3 rings (SSSR count). The number of hydrogen-bond acceptors (Lipinski definition) is 3. The molecule has 1 aromatic carbocycles. The third kappa shape index (κ3) is 3.15. The second-order valence-electron chi connectivity index (χ2n) is 5.41. The third-order valence-corrected chi connectivity index (χ3v) is 4.73. The molecule has 3 aromatic rings. The standard InChI is InChI=1S/C16H10F6N2S/c1-7-5-10(16(20,21)22)11-12(23)13(25-14(11)24-7)8-3-2-4-9(6-8)15(17,18)19/h2-6H,23H2,1H3. The number of halogens is 6. The molecule has 0 fully saturated rings. The summed E-state index contributed by atoms with van der Waals surface area (Å²) in [4.78, 5) is 4.21. The molecule has 0 spiro atoms. The van der Waals surface area contributed by atoms with E-state index in [2.05, 4.69) is 4.98 Å². The van der Waals surface area contributed by atoms with E-state index in [0.717, 1.165) is 29.5 Å². The predicted octanol–water partition coefficient (Wildman–Crippen LogP) is 5.89. The lowest BCUT2D eigenvalue weighted by molar-refractivity contribution is -0.138. The summed E-state index contributed by atoms with van der Waals surface area (Å²) in [6, 6.07) is 5.18. The lowest BCUT2D eigenvalue weighted by atomic mass is 10.1. The molecular weight excluding hydrogens is 366 g/mol. The summed E-state index contributed by atoms with van der Waals surface area (Å²) >= 11 is 0.837. The first-order valence-corrected chi connectivity index (χ1v) is 7.74. The van der Waals surface area contributed by atoms with Gasteiger partial charge in [0.25, 0.3) is 0 Å². The van der Waals surface area contributed by atoms with Crippen LogP contribution in [0.15, 0.2) is 30.3 Å². The molecule has 0 unspecified atom stereocenters. The molecule has 0 saturated carbocycles. The molecule has 2 heterocycles. The van der Waals surface area contributed by atoms with E-state index in [0.29, 0.717) is 0 Å². The van der Waals surface area contributed by atoms with E-state index in [4.69, 9.17) is 5.73 Å². The predicted molar refractivity (Wildman–Crippen MR) is 84.2 cm³/mol. The molecule has 2 N–H and O–H groups in total. The van der Waals surface area contributed by atoms with Crippen LogP contribution in [-0.2, 0) is 12.4 Å². The van der Waals surface area contributed by atoms with E-state index >= 15 is 0 Å². The van der Waals surface area contributed by atoms with Gasteiger partial charge in [0, 0.05) is 11.1 Å². The molecule has 0 bridgehead atoms. The zero-order valence-electron chi connectivity index (χ0n) is 12.6. The smallest absolute Gasteiger partial charge is 0.397 e. The Labute approximate surface area is 141 Å². The largest absolute Gasteiger partial charge is 0.417 e. The lowest BCUT2D eigenvalue weighted by Gasteiger charge is -2.10. The van der Waals surface area contributed by atoms with Crippen molar-refractivity contribution in [2.24, 2.45) is 0 Å². The Balaban J connectivity index is 2.28. The number of alkyl halides is 6. The Morgan fingerprint density at radius 2 is 1.68 bits per heavy atom. The number of thiophene rings is 1.